The smallest absolute Gasteiger partial charge is 0.230 e. The molecular weight excluding hydrogens is 340 g/mol. The van der Waals surface area contributed by atoms with Gasteiger partial charge in [0.25, 0.3) is 0 Å². The molecule has 4 rings (SSSR count). The van der Waals surface area contributed by atoms with Crippen LogP contribution in [0.25, 0.3) is 0 Å². The van der Waals surface area contributed by atoms with Gasteiger partial charge in [-0.15, -0.1) is 0 Å². The molecule has 3 aliphatic rings. The predicted octanol–water partition coefficient (Wildman–Crippen LogP) is 2.73. The van der Waals surface area contributed by atoms with Crippen LogP contribution in [0, 0.1) is 5.92 Å². The molecule has 3 fully saturated rings. The van der Waals surface area contributed by atoms with Crippen molar-refractivity contribution in [2.45, 2.75) is 50.0 Å². The Balaban J connectivity index is 1.27. The molecule has 0 radical (unpaired) electrons. The van der Waals surface area contributed by atoms with E-state index in [0.717, 1.165) is 57.0 Å². The van der Waals surface area contributed by atoms with E-state index in [-0.39, 0.29) is 11.3 Å². The van der Waals surface area contributed by atoms with Crippen molar-refractivity contribution in [3.05, 3.63) is 29.8 Å². The summed E-state index contributed by atoms with van der Waals surface area (Å²) in [5, 5.41) is 3.27. The van der Waals surface area contributed by atoms with Crippen LogP contribution in [0.5, 0.6) is 5.75 Å². The number of hydrogen-bond donors (Lipinski definition) is 1. The fraction of sp³-hybridized carbons (Fsp3) is 0.682. The van der Waals surface area contributed by atoms with Gasteiger partial charge in [-0.1, -0.05) is 18.2 Å². The Morgan fingerprint density at radius 1 is 1.19 bits per heavy atom. The van der Waals surface area contributed by atoms with E-state index < -0.39 is 0 Å². The van der Waals surface area contributed by atoms with Crippen LogP contribution in [0.1, 0.15) is 44.1 Å². The second kappa shape index (κ2) is 8.19. The minimum Gasteiger partial charge on any atom is -0.496 e. The van der Waals surface area contributed by atoms with E-state index in [1.165, 1.54) is 25.7 Å². The van der Waals surface area contributed by atoms with E-state index in [2.05, 4.69) is 10.2 Å². The molecule has 2 saturated heterocycles. The molecule has 1 aromatic rings. The van der Waals surface area contributed by atoms with Crippen LogP contribution in [-0.2, 0) is 14.9 Å². The van der Waals surface area contributed by atoms with E-state index >= 15 is 0 Å². The molecule has 2 heterocycles. The first-order valence-corrected chi connectivity index (χ1v) is 10.5. The van der Waals surface area contributed by atoms with Crippen LogP contribution in [0.15, 0.2) is 24.3 Å². The van der Waals surface area contributed by atoms with E-state index in [0.29, 0.717) is 12.0 Å². The number of nitrogens with one attached hydrogen (secondary N) is 1. The zero-order chi connectivity index (χ0) is 18.7. The average Bonchev–Trinajstić information content (AvgIpc) is 3.55. The first-order valence-electron chi connectivity index (χ1n) is 10.5. The fourth-order valence-electron chi connectivity index (χ4n) is 4.76. The van der Waals surface area contributed by atoms with Crippen molar-refractivity contribution in [1.29, 1.82) is 0 Å². The summed E-state index contributed by atoms with van der Waals surface area (Å²) in [6.45, 7) is 4.93. The van der Waals surface area contributed by atoms with Crippen molar-refractivity contribution in [2.75, 3.05) is 40.0 Å². The maximum Gasteiger partial charge on any atom is 0.230 e. The van der Waals surface area contributed by atoms with Gasteiger partial charge in [0, 0.05) is 31.4 Å². The second-order valence-electron chi connectivity index (χ2n) is 8.32. The van der Waals surface area contributed by atoms with Crippen molar-refractivity contribution in [3.63, 3.8) is 0 Å². The normalized spacial score (nSPS) is 23.7. The van der Waals surface area contributed by atoms with Gasteiger partial charge in [0.2, 0.25) is 5.91 Å². The monoisotopic (exact) mass is 372 g/mol. The topological polar surface area (TPSA) is 50.8 Å². The molecule has 0 spiro atoms. The average molecular weight is 373 g/mol. The third-order valence-corrected chi connectivity index (χ3v) is 6.71. The number of carbonyl (C=O) groups is 1. The van der Waals surface area contributed by atoms with Crippen molar-refractivity contribution < 1.29 is 14.3 Å². The van der Waals surface area contributed by atoms with Crippen LogP contribution >= 0.6 is 0 Å². The quantitative estimate of drug-likeness (QED) is 0.834. The number of nitrogens with zero attached hydrogens (tertiary/aromatic N) is 1. The van der Waals surface area contributed by atoms with Gasteiger partial charge in [-0.25, -0.2) is 0 Å². The molecule has 0 bridgehead atoms. The number of hydrogen-bond acceptors (Lipinski definition) is 4. The highest BCUT2D eigenvalue weighted by Crippen LogP contribution is 2.51. The van der Waals surface area contributed by atoms with E-state index in [9.17, 15) is 4.79 Å². The maximum absolute atomic E-state index is 13.0. The number of para-hydroxylation sites is 1. The van der Waals surface area contributed by atoms with Crippen LogP contribution in [-0.4, -0.2) is 56.8 Å². The lowest BCUT2D eigenvalue weighted by Crippen LogP contribution is -2.46. The Labute approximate surface area is 162 Å². The molecule has 0 unspecified atom stereocenters. The van der Waals surface area contributed by atoms with Crippen molar-refractivity contribution in [3.8, 4) is 5.75 Å². The van der Waals surface area contributed by atoms with Gasteiger partial charge in [0.15, 0.2) is 0 Å². The van der Waals surface area contributed by atoms with Crippen molar-refractivity contribution in [1.82, 2.24) is 10.2 Å². The lowest BCUT2D eigenvalue weighted by molar-refractivity contribution is -0.123. The molecule has 1 aromatic carbocycles. The number of ether oxygens (including phenoxy) is 2. The van der Waals surface area contributed by atoms with Crippen molar-refractivity contribution >= 4 is 5.91 Å². The Morgan fingerprint density at radius 3 is 2.56 bits per heavy atom. The van der Waals surface area contributed by atoms with Gasteiger partial charge in [-0.05, 0) is 63.6 Å². The first-order chi connectivity index (χ1) is 13.2. The summed E-state index contributed by atoms with van der Waals surface area (Å²) in [5.74, 6) is 1.60. The van der Waals surface area contributed by atoms with Crippen LogP contribution in [0.3, 0.4) is 0 Å². The van der Waals surface area contributed by atoms with E-state index in [1.807, 2.05) is 24.3 Å². The lowest BCUT2D eigenvalue weighted by atomic mass is 9.92. The Kier molecular flexibility index (Phi) is 5.69. The van der Waals surface area contributed by atoms with Crippen molar-refractivity contribution in [2.24, 2.45) is 5.92 Å². The van der Waals surface area contributed by atoms with Crippen LogP contribution in [0.4, 0.5) is 0 Å². The second-order valence-corrected chi connectivity index (χ2v) is 8.32. The molecule has 1 amide bonds. The molecule has 0 atom stereocenters. The lowest BCUT2D eigenvalue weighted by Gasteiger charge is -2.39. The Morgan fingerprint density at radius 2 is 1.89 bits per heavy atom. The zero-order valence-corrected chi connectivity index (χ0v) is 16.4. The van der Waals surface area contributed by atoms with Gasteiger partial charge in [0.05, 0.1) is 12.5 Å². The van der Waals surface area contributed by atoms with Crippen LogP contribution in [0.2, 0.25) is 0 Å². The molecule has 2 aliphatic heterocycles. The SMILES string of the molecule is COc1ccccc1C1(C(=O)NCC2CCN(C3CCOCC3)CC2)CC1. The number of amides is 1. The molecule has 1 aliphatic carbocycles. The molecule has 1 N–H and O–H groups in total. The number of benzene rings is 1. The minimum absolute atomic E-state index is 0.179. The summed E-state index contributed by atoms with van der Waals surface area (Å²) in [6, 6.07) is 8.65. The summed E-state index contributed by atoms with van der Waals surface area (Å²) in [5.41, 5.74) is 0.675. The van der Waals surface area contributed by atoms with Gasteiger partial charge in [-0.3, -0.25) is 4.79 Å². The molecule has 1 saturated carbocycles. The molecule has 27 heavy (non-hydrogen) atoms. The molecular formula is C22H32N2O3. The highest BCUT2D eigenvalue weighted by atomic mass is 16.5. The number of piperidine rings is 1. The Hall–Kier alpha value is -1.59. The minimum atomic E-state index is -0.366. The standard InChI is InChI=1S/C22H32N2O3/c1-26-20-5-3-2-4-19(20)22(10-11-22)21(25)23-16-17-6-12-24(13-7-17)18-8-14-27-15-9-18/h2-5,17-18H,6-16H2,1H3,(H,23,25). The number of methoxy groups -OCH3 is 1. The number of likely N-dealkylation sites (tertiary alicyclic amines) is 1. The molecule has 0 aromatic heterocycles. The number of carbonyl (C=O) groups excluding carboxylic acids is 1. The summed E-state index contributed by atoms with van der Waals surface area (Å²) in [7, 11) is 1.68. The zero-order valence-electron chi connectivity index (χ0n) is 16.4. The summed E-state index contributed by atoms with van der Waals surface area (Å²) < 4.78 is 11.0. The van der Waals surface area contributed by atoms with Gasteiger partial charge >= 0.3 is 0 Å². The van der Waals surface area contributed by atoms with Crippen LogP contribution < -0.4 is 10.1 Å². The maximum atomic E-state index is 13.0. The fourth-order valence-corrected chi connectivity index (χ4v) is 4.76. The molecule has 5 heteroatoms. The Bertz CT molecular complexity index is 645. The predicted molar refractivity (Wildman–Crippen MR) is 105 cm³/mol. The molecule has 5 nitrogen and oxygen atoms in total. The highest BCUT2D eigenvalue weighted by Gasteiger charge is 2.52. The summed E-state index contributed by atoms with van der Waals surface area (Å²) in [6.07, 6.45) is 6.53. The summed E-state index contributed by atoms with van der Waals surface area (Å²) >= 11 is 0. The largest absolute Gasteiger partial charge is 0.496 e. The van der Waals surface area contributed by atoms with Gasteiger partial charge in [0.1, 0.15) is 5.75 Å². The third kappa shape index (κ3) is 3.99. The molecule has 148 valence electrons. The summed E-state index contributed by atoms with van der Waals surface area (Å²) in [4.78, 5) is 15.6. The number of rotatable bonds is 6. The first kappa shape index (κ1) is 18.8. The van der Waals surface area contributed by atoms with E-state index in [1.54, 1.807) is 7.11 Å². The third-order valence-electron chi connectivity index (χ3n) is 6.71. The van der Waals surface area contributed by atoms with E-state index in [4.69, 9.17) is 9.47 Å². The van der Waals surface area contributed by atoms with Gasteiger partial charge < -0.3 is 19.7 Å². The van der Waals surface area contributed by atoms with Gasteiger partial charge in [-0.2, -0.15) is 0 Å². The highest BCUT2D eigenvalue weighted by molar-refractivity contribution is 5.92.